The third-order valence-electron chi connectivity index (χ3n) is 5.06. The molecule has 0 aromatic heterocycles. The van der Waals surface area contributed by atoms with Crippen LogP contribution in [0.3, 0.4) is 0 Å². The highest BCUT2D eigenvalue weighted by molar-refractivity contribution is 14.1. The molecule has 0 atom stereocenters. The summed E-state index contributed by atoms with van der Waals surface area (Å²) >= 11 is 2.18. The molecule has 0 N–H and O–H groups in total. The Kier molecular flexibility index (Phi) is 6.03. The third kappa shape index (κ3) is 4.46. The lowest BCUT2D eigenvalue weighted by atomic mass is 10.1. The number of ketones is 1. The first-order valence-corrected chi connectivity index (χ1v) is 10.6. The van der Waals surface area contributed by atoms with Gasteiger partial charge in [0.05, 0.1) is 15.6 Å². The Balaban J connectivity index is 1.55. The zero-order valence-electron chi connectivity index (χ0n) is 16.6. The second-order valence-corrected chi connectivity index (χ2v) is 8.24. The van der Waals surface area contributed by atoms with Crippen molar-refractivity contribution in [3.05, 3.63) is 102 Å². The molecule has 0 saturated carbocycles. The number of hydrogen-bond donors (Lipinski definition) is 0. The van der Waals surface area contributed by atoms with Gasteiger partial charge in [0, 0.05) is 29.7 Å². The van der Waals surface area contributed by atoms with E-state index in [0.717, 1.165) is 31.4 Å². The van der Waals surface area contributed by atoms with Crippen molar-refractivity contribution in [1.82, 2.24) is 0 Å². The molecule has 6 nitrogen and oxygen atoms in total. The van der Waals surface area contributed by atoms with Gasteiger partial charge in [-0.05, 0) is 69.6 Å². The fraction of sp³-hybridized carbons (Fsp3) is 0.125. The van der Waals surface area contributed by atoms with Crippen LogP contribution in [0.2, 0.25) is 0 Å². The molecule has 0 radical (unpaired) electrons. The Bertz CT molecular complexity index is 1200. The first-order valence-electron chi connectivity index (χ1n) is 9.53. The van der Waals surface area contributed by atoms with Crippen molar-refractivity contribution in [2.75, 3.05) is 7.11 Å². The smallest absolute Gasteiger partial charge is 0.269 e. The van der Waals surface area contributed by atoms with Crippen molar-refractivity contribution in [1.29, 1.82) is 0 Å². The van der Waals surface area contributed by atoms with Gasteiger partial charge in [0.25, 0.3) is 5.69 Å². The van der Waals surface area contributed by atoms with E-state index < -0.39 is 4.92 Å². The normalized spacial score (nSPS) is 13.9. The molecule has 3 aromatic rings. The summed E-state index contributed by atoms with van der Waals surface area (Å²) in [6, 6.07) is 17.7. The molecule has 4 rings (SSSR count). The van der Waals surface area contributed by atoms with Crippen LogP contribution in [0.1, 0.15) is 27.0 Å². The summed E-state index contributed by atoms with van der Waals surface area (Å²) in [7, 11) is 1.57. The lowest BCUT2D eigenvalue weighted by Gasteiger charge is -2.14. The number of methoxy groups -OCH3 is 1. The Morgan fingerprint density at radius 3 is 2.55 bits per heavy atom. The van der Waals surface area contributed by atoms with Crippen molar-refractivity contribution >= 4 is 40.1 Å². The second kappa shape index (κ2) is 8.89. The van der Waals surface area contributed by atoms with Gasteiger partial charge in [-0.3, -0.25) is 14.9 Å². The SMILES string of the molecule is COc1cc(/C=C2\Cc3ccccc3C2=O)cc(I)c1OCc1ccc([N+](=O)[O-])cc1. The molecule has 7 heteroatoms. The Hall–Kier alpha value is -3.20. The summed E-state index contributed by atoms with van der Waals surface area (Å²) in [5.41, 5.74) is 4.27. The van der Waals surface area contributed by atoms with Crippen LogP contribution in [0.25, 0.3) is 6.08 Å². The minimum Gasteiger partial charge on any atom is -0.493 e. The van der Waals surface area contributed by atoms with Gasteiger partial charge in [0.15, 0.2) is 17.3 Å². The molecule has 0 unspecified atom stereocenters. The van der Waals surface area contributed by atoms with Gasteiger partial charge in [-0.2, -0.15) is 0 Å². The standard InChI is InChI=1S/C24H18INO5/c1-30-22-12-16(10-18-13-17-4-2-3-5-20(17)23(18)27)11-21(25)24(22)31-14-15-6-8-19(9-7-15)26(28)29/h2-12H,13-14H2,1H3/b18-10+. The summed E-state index contributed by atoms with van der Waals surface area (Å²) < 4.78 is 12.3. The van der Waals surface area contributed by atoms with E-state index in [1.165, 1.54) is 12.1 Å². The van der Waals surface area contributed by atoms with Crippen LogP contribution < -0.4 is 9.47 Å². The largest absolute Gasteiger partial charge is 0.493 e. The van der Waals surface area contributed by atoms with Crippen molar-refractivity contribution in [3.8, 4) is 11.5 Å². The number of Topliss-reactive ketones (excluding diaryl/α,β-unsaturated/α-hetero) is 1. The minimum atomic E-state index is -0.433. The van der Waals surface area contributed by atoms with Gasteiger partial charge in [0.1, 0.15) is 6.61 Å². The van der Waals surface area contributed by atoms with E-state index in [2.05, 4.69) is 22.6 Å². The van der Waals surface area contributed by atoms with E-state index in [1.807, 2.05) is 42.5 Å². The first kappa shape index (κ1) is 21.0. The lowest BCUT2D eigenvalue weighted by Crippen LogP contribution is -2.01. The number of carbonyl (C=O) groups excluding carboxylic acids is 1. The molecule has 1 aliphatic rings. The maximum absolute atomic E-state index is 12.7. The average Bonchev–Trinajstić information content (AvgIpc) is 3.08. The van der Waals surface area contributed by atoms with E-state index in [0.29, 0.717) is 17.9 Å². The zero-order valence-corrected chi connectivity index (χ0v) is 18.8. The highest BCUT2D eigenvalue weighted by atomic mass is 127. The predicted molar refractivity (Wildman–Crippen MR) is 126 cm³/mol. The van der Waals surface area contributed by atoms with E-state index in [9.17, 15) is 14.9 Å². The highest BCUT2D eigenvalue weighted by Gasteiger charge is 2.24. The maximum Gasteiger partial charge on any atom is 0.269 e. The fourth-order valence-corrected chi connectivity index (χ4v) is 4.29. The molecule has 0 heterocycles. The van der Waals surface area contributed by atoms with Crippen molar-refractivity contribution in [3.63, 3.8) is 0 Å². The number of nitro groups is 1. The molecular formula is C24H18INO5. The van der Waals surface area contributed by atoms with Crippen molar-refractivity contribution in [2.45, 2.75) is 13.0 Å². The van der Waals surface area contributed by atoms with Gasteiger partial charge in [-0.25, -0.2) is 0 Å². The zero-order chi connectivity index (χ0) is 22.0. The monoisotopic (exact) mass is 527 g/mol. The summed E-state index contributed by atoms with van der Waals surface area (Å²) in [4.78, 5) is 23.0. The van der Waals surface area contributed by atoms with E-state index in [-0.39, 0.29) is 18.1 Å². The van der Waals surface area contributed by atoms with Gasteiger partial charge in [-0.15, -0.1) is 0 Å². The molecule has 3 aromatic carbocycles. The average molecular weight is 527 g/mol. The number of ether oxygens (including phenoxy) is 2. The highest BCUT2D eigenvalue weighted by Crippen LogP contribution is 2.36. The number of benzene rings is 3. The molecule has 0 aliphatic heterocycles. The summed E-state index contributed by atoms with van der Waals surface area (Å²) in [6.07, 6.45) is 2.51. The number of halogens is 1. The molecule has 0 saturated heterocycles. The number of nitrogens with zero attached hydrogens (tertiary/aromatic N) is 1. The number of fused-ring (bicyclic) bond motifs is 1. The number of nitro benzene ring substituents is 1. The molecule has 0 bridgehead atoms. The molecule has 0 spiro atoms. The summed E-state index contributed by atoms with van der Waals surface area (Å²) in [6.45, 7) is 0.249. The quantitative estimate of drug-likeness (QED) is 0.180. The predicted octanol–water partition coefficient (Wildman–Crippen LogP) is 5.61. The number of hydrogen-bond acceptors (Lipinski definition) is 5. The van der Waals surface area contributed by atoms with Crippen LogP contribution in [0.15, 0.2) is 66.2 Å². The molecule has 31 heavy (non-hydrogen) atoms. The second-order valence-electron chi connectivity index (χ2n) is 7.08. The molecule has 156 valence electrons. The van der Waals surface area contributed by atoms with Gasteiger partial charge >= 0.3 is 0 Å². The third-order valence-corrected chi connectivity index (χ3v) is 5.86. The molecule has 1 aliphatic carbocycles. The molecule has 0 amide bonds. The number of non-ortho nitro benzene ring substituents is 1. The Morgan fingerprint density at radius 2 is 1.87 bits per heavy atom. The van der Waals surface area contributed by atoms with Crippen LogP contribution in [0, 0.1) is 13.7 Å². The first-order chi connectivity index (χ1) is 15.0. The van der Waals surface area contributed by atoms with Gasteiger partial charge in [0.2, 0.25) is 0 Å². The lowest BCUT2D eigenvalue weighted by molar-refractivity contribution is -0.384. The minimum absolute atomic E-state index is 0.0388. The van der Waals surface area contributed by atoms with Crippen molar-refractivity contribution in [2.24, 2.45) is 0 Å². The maximum atomic E-state index is 12.7. The van der Waals surface area contributed by atoms with Gasteiger partial charge < -0.3 is 9.47 Å². The summed E-state index contributed by atoms with van der Waals surface area (Å²) in [5, 5.41) is 10.8. The Labute approximate surface area is 192 Å². The Morgan fingerprint density at radius 1 is 1.13 bits per heavy atom. The van der Waals surface area contributed by atoms with E-state index in [4.69, 9.17) is 9.47 Å². The van der Waals surface area contributed by atoms with Crippen LogP contribution in [0.5, 0.6) is 11.5 Å². The van der Waals surface area contributed by atoms with Crippen LogP contribution in [-0.4, -0.2) is 17.8 Å². The van der Waals surface area contributed by atoms with E-state index in [1.54, 1.807) is 19.2 Å². The summed E-state index contributed by atoms with van der Waals surface area (Å²) in [5.74, 6) is 1.20. The number of carbonyl (C=O) groups is 1. The molecule has 0 fully saturated rings. The van der Waals surface area contributed by atoms with Crippen LogP contribution in [0.4, 0.5) is 5.69 Å². The number of rotatable bonds is 6. The fourth-order valence-electron chi connectivity index (χ4n) is 3.50. The van der Waals surface area contributed by atoms with Crippen molar-refractivity contribution < 1.29 is 19.2 Å². The number of allylic oxidation sites excluding steroid dienone is 1. The topological polar surface area (TPSA) is 78.7 Å². The van der Waals surface area contributed by atoms with E-state index >= 15 is 0 Å². The molecular weight excluding hydrogens is 509 g/mol. The van der Waals surface area contributed by atoms with Gasteiger partial charge in [-0.1, -0.05) is 24.3 Å². The van der Waals surface area contributed by atoms with Crippen LogP contribution in [-0.2, 0) is 13.0 Å². The van der Waals surface area contributed by atoms with Crippen LogP contribution >= 0.6 is 22.6 Å².